The molecule has 0 saturated heterocycles. The first-order valence-electron chi connectivity index (χ1n) is 6.90. The van der Waals surface area contributed by atoms with Gasteiger partial charge in [0.15, 0.2) is 5.78 Å². The summed E-state index contributed by atoms with van der Waals surface area (Å²) < 4.78 is 0. The van der Waals surface area contributed by atoms with Gasteiger partial charge in [-0.2, -0.15) is 0 Å². The molecule has 0 unspecified atom stereocenters. The fourth-order valence-electron chi connectivity index (χ4n) is 3.03. The first-order valence-corrected chi connectivity index (χ1v) is 6.90. The van der Waals surface area contributed by atoms with Crippen LogP contribution in [0.15, 0.2) is 18.2 Å². The van der Waals surface area contributed by atoms with Gasteiger partial charge in [0.05, 0.1) is 5.41 Å². The third kappa shape index (κ3) is 1.64. The molecule has 3 rings (SSSR count). The Bertz CT molecular complexity index is 570. The second kappa shape index (κ2) is 3.92. The summed E-state index contributed by atoms with van der Waals surface area (Å²) in [4.78, 5) is 26.2. The van der Waals surface area contributed by atoms with Crippen LogP contribution in [0.25, 0.3) is 0 Å². The topological polar surface area (TPSA) is 37.4 Å². The molecule has 1 aromatic carbocycles. The third-order valence-electron chi connectivity index (χ3n) is 4.63. The lowest BCUT2D eigenvalue weighted by atomic mass is 9.78. The van der Waals surface area contributed by atoms with Gasteiger partial charge in [0.1, 0.15) is 0 Å². The number of carbonyl (C=O) groups excluding carboxylic acids is 2. The molecule has 1 saturated carbocycles. The second-order valence-corrected chi connectivity index (χ2v) is 6.21. The van der Waals surface area contributed by atoms with Crippen molar-refractivity contribution >= 4 is 17.4 Å². The summed E-state index contributed by atoms with van der Waals surface area (Å²) in [6.07, 6.45) is 3.18. The summed E-state index contributed by atoms with van der Waals surface area (Å²) in [7, 11) is 1.79. The van der Waals surface area contributed by atoms with Gasteiger partial charge in [-0.1, -0.05) is 6.42 Å². The molecular weight excluding hydrogens is 238 g/mol. The van der Waals surface area contributed by atoms with Crippen molar-refractivity contribution in [2.75, 3.05) is 11.9 Å². The van der Waals surface area contributed by atoms with E-state index in [0.717, 1.165) is 36.1 Å². The predicted octanol–water partition coefficient (Wildman–Crippen LogP) is 2.92. The van der Waals surface area contributed by atoms with Gasteiger partial charge >= 0.3 is 0 Å². The van der Waals surface area contributed by atoms with E-state index < -0.39 is 5.41 Å². The molecule has 100 valence electrons. The number of hydrogen-bond donors (Lipinski definition) is 0. The van der Waals surface area contributed by atoms with E-state index in [1.807, 2.05) is 32.0 Å². The number of likely N-dealkylation sites (N-methyl/N-ethyl adjacent to an activating group) is 1. The molecule has 0 bridgehead atoms. The summed E-state index contributed by atoms with van der Waals surface area (Å²) >= 11 is 0. The molecular formula is C16H19NO2. The number of fused-ring (bicyclic) bond motifs is 1. The van der Waals surface area contributed by atoms with Crippen molar-refractivity contribution in [1.82, 2.24) is 0 Å². The molecule has 1 aromatic rings. The highest BCUT2D eigenvalue weighted by molar-refractivity contribution is 6.08. The SMILES string of the molecule is CN1C(=O)C(C)(C)c2cc(C(=O)C3CCC3)ccc21. The monoisotopic (exact) mass is 257 g/mol. The Balaban J connectivity index is 2.03. The summed E-state index contributed by atoms with van der Waals surface area (Å²) in [5.41, 5.74) is 2.14. The summed E-state index contributed by atoms with van der Waals surface area (Å²) in [6.45, 7) is 3.85. The summed E-state index contributed by atoms with van der Waals surface area (Å²) in [5.74, 6) is 0.540. The molecule has 1 heterocycles. The van der Waals surface area contributed by atoms with Gasteiger partial charge in [-0.15, -0.1) is 0 Å². The van der Waals surface area contributed by atoms with E-state index >= 15 is 0 Å². The van der Waals surface area contributed by atoms with Gasteiger partial charge in [-0.05, 0) is 50.5 Å². The Hall–Kier alpha value is -1.64. The summed E-state index contributed by atoms with van der Waals surface area (Å²) in [5, 5.41) is 0. The minimum atomic E-state index is -0.528. The molecule has 2 aliphatic rings. The van der Waals surface area contributed by atoms with Crippen molar-refractivity contribution in [2.24, 2.45) is 5.92 Å². The van der Waals surface area contributed by atoms with Crippen molar-refractivity contribution in [1.29, 1.82) is 0 Å². The number of carbonyl (C=O) groups is 2. The highest BCUT2D eigenvalue weighted by atomic mass is 16.2. The van der Waals surface area contributed by atoms with E-state index in [0.29, 0.717) is 0 Å². The lowest BCUT2D eigenvalue weighted by molar-refractivity contribution is -0.121. The van der Waals surface area contributed by atoms with Crippen molar-refractivity contribution < 1.29 is 9.59 Å². The van der Waals surface area contributed by atoms with E-state index in [1.54, 1.807) is 11.9 Å². The maximum Gasteiger partial charge on any atom is 0.236 e. The smallest absolute Gasteiger partial charge is 0.236 e. The van der Waals surface area contributed by atoms with Crippen molar-refractivity contribution in [3.63, 3.8) is 0 Å². The van der Waals surface area contributed by atoms with Crippen LogP contribution < -0.4 is 4.90 Å². The standard InChI is InChI=1S/C16H19NO2/c1-16(2)12-9-11(14(18)10-5-4-6-10)7-8-13(12)17(3)15(16)19/h7-10H,4-6H2,1-3H3. The van der Waals surface area contributed by atoms with Crippen LogP contribution in [0.3, 0.4) is 0 Å². The quantitative estimate of drug-likeness (QED) is 0.764. The van der Waals surface area contributed by atoms with Gasteiger partial charge in [-0.25, -0.2) is 0 Å². The fourth-order valence-corrected chi connectivity index (χ4v) is 3.03. The fraction of sp³-hybridized carbons (Fsp3) is 0.500. The molecule has 0 N–H and O–H groups in total. The van der Waals surface area contributed by atoms with Crippen molar-refractivity contribution in [3.8, 4) is 0 Å². The van der Waals surface area contributed by atoms with E-state index in [-0.39, 0.29) is 17.6 Å². The number of benzene rings is 1. The average Bonchev–Trinajstić information content (AvgIpc) is 2.49. The van der Waals surface area contributed by atoms with Crippen LogP contribution in [0.4, 0.5) is 5.69 Å². The molecule has 0 spiro atoms. The van der Waals surface area contributed by atoms with Crippen molar-refractivity contribution in [2.45, 2.75) is 38.5 Å². The van der Waals surface area contributed by atoms with E-state index in [4.69, 9.17) is 0 Å². The molecule has 0 radical (unpaired) electrons. The number of Topliss-reactive ketones (excluding diaryl/α,β-unsaturated/α-hetero) is 1. The van der Waals surface area contributed by atoms with Crippen LogP contribution in [0, 0.1) is 5.92 Å². The third-order valence-corrected chi connectivity index (χ3v) is 4.63. The molecule has 3 nitrogen and oxygen atoms in total. The Morgan fingerprint density at radius 1 is 1.32 bits per heavy atom. The normalized spacial score (nSPS) is 21.2. The molecule has 1 fully saturated rings. The molecule has 1 amide bonds. The van der Waals surface area contributed by atoms with E-state index in [2.05, 4.69) is 0 Å². The van der Waals surface area contributed by atoms with Crippen LogP contribution in [0.5, 0.6) is 0 Å². The van der Waals surface area contributed by atoms with Crippen LogP contribution in [0.2, 0.25) is 0 Å². The van der Waals surface area contributed by atoms with Gasteiger partial charge < -0.3 is 4.90 Å². The number of nitrogens with zero attached hydrogens (tertiary/aromatic N) is 1. The number of ketones is 1. The van der Waals surface area contributed by atoms with Crippen LogP contribution in [-0.2, 0) is 10.2 Å². The number of rotatable bonds is 2. The Morgan fingerprint density at radius 2 is 2.00 bits per heavy atom. The predicted molar refractivity (Wildman–Crippen MR) is 74.5 cm³/mol. The maximum atomic E-state index is 12.3. The second-order valence-electron chi connectivity index (χ2n) is 6.21. The number of amides is 1. The van der Waals surface area contributed by atoms with Crippen LogP contribution >= 0.6 is 0 Å². The van der Waals surface area contributed by atoms with Crippen molar-refractivity contribution in [3.05, 3.63) is 29.3 Å². The zero-order valence-electron chi connectivity index (χ0n) is 11.7. The van der Waals surface area contributed by atoms with Gasteiger partial charge in [-0.3, -0.25) is 9.59 Å². The van der Waals surface area contributed by atoms with Gasteiger partial charge in [0.25, 0.3) is 0 Å². The molecule has 19 heavy (non-hydrogen) atoms. The van der Waals surface area contributed by atoms with Crippen LogP contribution in [-0.4, -0.2) is 18.7 Å². The Labute approximate surface area is 113 Å². The van der Waals surface area contributed by atoms with Gasteiger partial charge in [0.2, 0.25) is 5.91 Å². The Morgan fingerprint density at radius 3 is 2.58 bits per heavy atom. The lowest BCUT2D eigenvalue weighted by Gasteiger charge is -2.24. The van der Waals surface area contributed by atoms with Gasteiger partial charge in [0, 0.05) is 24.2 Å². The first kappa shape index (κ1) is 12.4. The number of hydrogen-bond acceptors (Lipinski definition) is 2. The minimum Gasteiger partial charge on any atom is -0.314 e. The molecule has 1 aliphatic carbocycles. The van der Waals surface area contributed by atoms with E-state index in [9.17, 15) is 9.59 Å². The zero-order valence-corrected chi connectivity index (χ0v) is 11.7. The Kier molecular flexibility index (Phi) is 2.56. The van der Waals surface area contributed by atoms with E-state index in [1.165, 1.54) is 0 Å². The number of anilines is 1. The zero-order chi connectivity index (χ0) is 13.8. The minimum absolute atomic E-state index is 0.0933. The molecule has 0 aromatic heterocycles. The van der Waals surface area contributed by atoms with Crippen LogP contribution in [0.1, 0.15) is 49.0 Å². The molecule has 1 aliphatic heterocycles. The summed E-state index contributed by atoms with van der Waals surface area (Å²) in [6, 6.07) is 5.70. The average molecular weight is 257 g/mol. The maximum absolute atomic E-state index is 12.3. The highest BCUT2D eigenvalue weighted by Gasteiger charge is 2.42. The lowest BCUT2D eigenvalue weighted by Crippen LogP contribution is -2.33. The molecule has 0 atom stereocenters. The first-order chi connectivity index (χ1) is 8.93. The largest absolute Gasteiger partial charge is 0.314 e. The highest BCUT2D eigenvalue weighted by Crippen LogP contribution is 2.41. The molecule has 3 heteroatoms.